The topological polar surface area (TPSA) is 50.4 Å². The molecule has 0 aliphatic heterocycles. The van der Waals surface area contributed by atoms with E-state index in [4.69, 9.17) is 0 Å². The molecule has 1 saturated carbocycles. The van der Waals surface area contributed by atoms with Gasteiger partial charge in [0.1, 0.15) is 11.2 Å². The molecule has 1 aliphatic rings. The predicted octanol–water partition coefficient (Wildman–Crippen LogP) is 4.07. The highest BCUT2D eigenvalue weighted by atomic mass is 32.1. The quantitative estimate of drug-likeness (QED) is 0.793. The fraction of sp³-hybridized carbons (Fsp3) is 0.412. The molecule has 3 aromatic rings. The Morgan fingerprint density at radius 3 is 2.82 bits per heavy atom. The third-order valence-electron chi connectivity index (χ3n) is 4.60. The molecular weight excluding hydrogens is 294 g/mol. The summed E-state index contributed by atoms with van der Waals surface area (Å²) < 4.78 is 2.05. The Hall–Kier alpha value is -1.72. The van der Waals surface area contributed by atoms with Gasteiger partial charge in [-0.05, 0) is 24.8 Å². The van der Waals surface area contributed by atoms with Crippen molar-refractivity contribution < 1.29 is 5.11 Å². The summed E-state index contributed by atoms with van der Waals surface area (Å²) in [5.74, 6) is 0.351. The molecule has 3 aromatic heterocycles. The zero-order valence-electron chi connectivity index (χ0n) is 12.4. The van der Waals surface area contributed by atoms with E-state index in [0.29, 0.717) is 5.92 Å². The monoisotopic (exact) mass is 313 g/mol. The van der Waals surface area contributed by atoms with Crippen LogP contribution in [0.4, 0.5) is 0 Å². The van der Waals surface area contributed by atoms with E-state index in [1.807, 2.05) is 29.2 Å². The van der Waals surface area contributed by atoms with Crippen LogP contribution in [-0.2, 0) is 0 Å². The Balaban J connectivity index is 1.82. The molecule has 22 heavy (non-hydrogen) atoms. The molecule has 0 radical (unpaired) electrons. The molecule has 1 unspecified atom stereocenters. The highest BCUT2D eigenvalue weighted by Crippen LogP contribution is 2.42. The van der Waals surface area contributed by atoms with E-state index < -0.39 is 6.10 Å². The summed E-state index contributed by atoms with van der Waals surface area (Å²) in [5.41, 5.74) is 2.05. The first kappa shape index (κ1) is 13.9. The van der Waals surface area contributed by atoms with E-state index in [2.05, 4.69) is 16.0 Å². The average molecular weight is 313 g/mol. The summed E-state index contributed by atoms with van der Waals surface area (Å²) in [6.07, 6.45) is 12.9. The van der Waals surface area contributed by atoms with E-state index in [1.54, 1.807) is 17.5 Å². The van der Waals surface area contributed by atoms with Gasteiger partial charge in [0.05, 0.1) is 22.9 Å². The largest absolute Gasteiger partial charge is 0.387 e. The molecule has 0 aromatic carbocycles. The number of aromatic nitrogens is 3. The van der Waals surface area contributed by atoms with Gasteiger partial charge in [0, 0.05) is 18.0 Å². The zero-order valence-corrected chi connectivity index (χ0v) is 13.2. The number of hydrogen-bond acceptors (Lipinski definition) is 4. The van der Waals surface area contributed by atoms with Crippen molar-refractivity contribution in [3.8, 4) is 10.4 Å². The normalized spacial score (nSPS) is 17.9. The van der Waals surface area contributed by atoms with Crippen molar-refractivity contribution in [2.24, 2.45) is 5.92 Å². The van der Waals surface area contributed by atoms with Crippen LogP contribution in [0.5, 0.6) is 0 Å². The lowest BCUT2D eigenvalue weighted by molar-refractivity contribution is 0.0811. The second-order valence-electron chi connectivity index (χ2n) is 6.00. The summed E-state index contributed by atoms with van der Waals surface area (Å²) >= 11 is 1.68. The van der Waals surface area contributed by atoms with Gasteiger partial charge < -0.3 is 5.11 Å². The lowest BCUT2D eigenvalue weighted by atomic mass is 9.83. The van der Waals surface area contributed by atoms with Crippen molar-refractivity contribution in [3.05, 3.63) is 42.7 Å². The van der Waals surface area contributed by atoms with Crippen LogP contribution >= 0.6 is 11.3 Å². The molecule has 1 fully saturated rings. The number of aliphatic hydroxyl groups excluding tert-OH is 1. The van der Waals surface area contributed by atoms with Crippen LogP contribution in [-0.4, -0.2) is 19.5 Å². The highest BCUT2D eigenvalue weighted by molar-refractivity contribution is 7.20. The van der Waals surface area contributed by atoms with Crippen LogP contribution in [0.2, 0.25) is 0 Å². The van der Waals surface area contributed by atoms with Gasteiger partial charge in [-0.2, -0.15) is 0 Å². The van der Waals surface area contributed by atoms with Gasteiger partial charge in [-0.15, -0.1) is 11.3 Å². The maximum atomic E-state index is 11.0. The fourth-order valence-electron chi connectivity index (χ4n) is 3.46. The summed E-state index contributed by atoms with van der Waals surface area (Å²) in [5, 5.41) is 11.0. The molecule has 3 heterocycles. The lowest BCUT2D eigenvalue weighted by Crippen LogP contribution is -2.17. The summed E-state index contributed by atoms with van der Waals surface area (Å²) in [4.78, 5) is 10.6. The van der Waals surface area contributed by atoms with E-state index in [-0.39, 0.29) is 0 Å². The first-order valence-electron chi connectivity index (χ1n) is 7.88. The maximum Gasteiger partial charge on any atom is 0.120 e. The molecule has 0 bridgehead atoms. The van der Waals surface area contributed by atoms with E-state index in [9.17, 15) is 5.11 Å². The fourth-order valence-corrected chi connectivity index (χ4v) is 4.59. The Kier molecular flexibility index (Phi) is 3.68. The van der Waals surface area contributed by atoms with E-state index >= 15 is 0 Å². The third-order valence-corrected chi connectivity index (χ3v) is 5.76. The van der Waals surface area contributed by atoms with Gasteiger partial charge in [0.15, 0.2) is 0 Å². The van der Waals surface area contributed by atoms with Crippen molar-refractivity contribution >= 4 is 16.2 Å². The Bertz CT molecular complexity index is 759. The molecule has 114 valence electrons. The Morgan fingerprint density at radius 2 is 2.05 bits per heavy atom. The molecule has 0 saturated heterocycles. The molecule has 4 nitrogen and oxygen atoms in total. The molecule has 1 N–H and O–H groups in total. The molecule has 0 amide bonds. The van der Waals surface area contributed by atoms with Gasteiger partial charge in [-0.3, -0.25) is 9.38 Å². The number of rotatable bonds is 3. The van der Waals surface area contributed by atoms with Gasteiger partial charge in [-0.25, -0.2) is 4.98 Å². The number of thiazole rings is 1. The summed E-state index contributed by atoms with van der Waals surface area (Å²) in [6, 6.07) is 4.00. The first-order valence-corrected chi connectivity index (χ1v) is 8.69. The van der Waals surface area contributed by atoms with E-state index in [1.165, 1.54) is 19.3 Å². The highest BCUT2D eigenvalue weighted by Gasteiger charge is 2.29. The van der Waals surface area contributed by atoms with Gasteiger partial charge >= 0.3 is 0 Å². The SMILES string of the molecule is OC(c1c(-c2cccnc2)sc2cncn12)C1CCCCC1. The number of pyridine rings is 1. The van der Waals surface area contributed by atoms with Crippen LogP contribution in [0.1, 0.15) is 43.9 Å². The number of hydrogen-bond donors (Lipinski definition) is 1. The first-order chi connectivity index (χ1) is 10.8. The molecule has 0 spiro atoms. The number of aliphatic hydroxyl groups is 1. The number of nitrogens with zero attached hydrogens (tertiary/aromatic N) is 3. The van der Waals surface area contributed by atoms with Crippen LogP contribution in [0.25, 0.3) is 15.3 Å². The molecule has 1 atom stereocenters. The van der Waals surface area contributed by atoms with Crippen molar-refractivity contribution in [2.45, 2.75) is 38.2 Å². The van der Waals surface area contributed by atoms with Crippen molar-refractivity contribution in [1.82, 2.24) is 14.4 Å². The number of imidazole rings is 1. The van der Waals surface area contributed by atoms with Crippen LogP contribution in [0.15, 0.2) is 37.1 Å². The van der Waals surface area contributed by atoms with Crippen molar-refractivity contribution in [2.75, 3.05) is 0 Å². The molecular formula is C17H19N3OS. The minimum Gasteiger partial charge on any atom is -0.387 e. The van der Waals surface area contributed by atoms with Crippen LogP contribution < -0.4 is 0 Å². The maximum absolute atomic E-state index is 11.0. The molecule has 1 aliphatic carbocycles. The van der Waals surface area contributed by atoms with Crippen LogP contribution in [0.3, 0.4) is 0 Å². The van der Waals surface area contributed by atoms with E-state index in [0.717, 1.165) is 33.8 Å². The molecule has 5 heteroatoms. The van der Waals surface area contributed by atoms with Crippen molar-refractivity contribution in [1.29, 1.82) is 0 Å². The summed E-state index contributed by atoms with van der Waals surface area (Å²) in [6.45, 7) is 0. The van der Waals surface area contributed by atoms with Gasteiger partial charge in [0.2, 0.25) is 0 Å². The van der Waals surface area contributed by atoms with Crippen LogP contribution in [0, 0.1) is 5.92 Å². The second-order valence-corrected chi connectivity index (χ2v) is 7.03. The van der Waals surface area contributed by atoms with Gasteiger partial charge in [0.25, 0.3) is 0 Å². The summed E-state index contributed by atoms with van der Waals surface area (Å²) in [7, 11) is 0. The smallest absolute Gasteiger partial charge is 0.120 e. The molecule has 4 rings (SSSR count). The van der Waals surface area contributed by atoms with Gasteiger partial charge in [-0.1, -0.05) is 25.3 Å². The third kappa shape index (κ3) is 2.34. The Labute approximate surface area is 133 Å². The zero-order chi connectivity index (χ0) is 14.9. The Morgan fingerprint density at radius 1 is 1.18 bits per heavy atom. The average Bonchev–Trinajstić information content (AvgIpc) is 3.16. The minimum absolute atomic E-state index is 0.351. The minimum atomic E-state index is -0.432. The lowest BCUT2D eigenvalue weighted by Gasteiger charge is -2.27. The predicted molar refractivity (Wildman–Crippen MR) is 87.8 cm³/mol. The second kappa shape index (κ2) is 5.82. The number of fused-ring (bicyclic) bond motifs is 1. The van der Waals surface area contributed by atoms with Crippen molar-refractivity contribution in [3.63, 3.8) is 0 Å². The standard InChI is InChI=1S/C17H19N3OS/c21-16(12-5-2-1-3-6-12)15-17(13-7-4-8-18-9-13)22-14-10-19-11-20(14)15/h4,7-12,16,21H,1-3,5-6H2.